The summed E-state index contributed by atoms with van der Waals surface area (Å²) >= 11 is 0. The lowest BCUT2D eigenvalue weighted by atomic mass is 10.2. The molecule has 0 spiro atoms. The number of aromatic nitrogens is 1. The van der Waals surface area contributed by atoms with Gasteiger partial charge in [-0.1, -0.05) is 19.9 Å². The first kappa shape index (κ1) is 14.7. The molecule has 0 saturated carbocycles. The van der Waals surface area contributed by atoms with Gasteiger partial charge in [0.05, 0.1) is 0 Å². The predicted octanol–water partition coefficient (Wildman–Crippen LogP) is 2.84. The molecule has 1 N–H and O–H groups in total. The monoisotopic (exact) mass is 247 g/mol. The Morgan fingerprint density at radius 3 is 2.89 bits per heavy atom. The largest absolute Gasteiger partial charge is 0.353 e. The van der Waals surface area contributed by atoms with Crippen LogP contribution in [-0.2, 0) is 6.54 Å². The van der Waals surface area contributed by atoms with Crippen LogP contribution < -0.4 is 10.2 Å². The SMILES string of the molecule is C=CCN(CC)c1cc(CNCC(C)C)ccn1. The molecular formula is C15H25N3. The van der Waals surface area contributed by atoms with Crippen LogP contribution in [0.2, 0.25) is 0 Å². The van der Waals surface area contributed by atoms with Crippen molar-refractivity contribution in [2.75, 3.05) is 24.5 Å². The standard InChI is InChI=1S/C15H25N3/c1-5-9-18(6-2)15-10-14(7-8-17-15)12-16-11-13(3)4/h5,7-8,10,13,16H,1,6,9,11-12H2,2-4H3. The van der Waals surface area contributed by atoms with E-state index in [2.05, 4.69) is 54.7 Å². The summed E-state index contributed by atoms with van der Waals surface area (Å²) in [4.78, 5) is 6.63. The van der Waals surface area contributed by atoms with Gasteiger partial charge < -0.3 is 10.2 Å². The summed E-state index contributed by atoms with van der Waals surface area (Å²) in [5.41, 5.74) is 1.28. The Balaban J connectivity index is 2.63. The molecule has 18 heavy (non-hydrogen) atoms. The molecule has 0 amide bonds. The Morgan fingerprint density at radius 1 is 1.50 bits per heavy atom. The Morgan fingerprint density at radius 2 is 2.28 bits per heavy atom. The van der Waals surface area contributed by atoms with Gasteiger partial charge in [0.1, 0.15) is 5.82 Å². The molecule has 1 heterocycles. The highest BCUT2D eigenvalue weighted by atomic mass is 15.2. The summed E-state index contributed by atoms with van der Waals surface area (Å²) in [6, 6.07) is 4.22. The second-order valence-electron chi connectivity index (χ2n) is 4.87. The van der Waals surface area contributed by atoms with Gasteiger partial charge in [0.2, 0.25) is 0 Å². The third kappa shape index (κ3) is 4.88. The van der Waals surface area contributed by atoms with E-state index in [1.807, 2.05) is 12.3 Å². The zero-order chi connectivity index (χ0) is 13.4. The van der Waals surface area contributed by atoms with Crippen LogP contribution in [0.4, 0.5) is 5.82 Å². The van der Waals surface area contributed by atoms with E-state index in [0.717, 1.165) is 32.0 Å². The van der Waals surface area contributed by atoms with Gasteiger partial charge >= 0.3 is 0 Å². The van der Waals surface area contributed by atoms with Crippen molar-refractivity contribution >= 4 is 5.82 Å². The van der Waals surface area contributed by atoms with Crippen molar-refractivity contribution < 1.29 is 0 Å². The lowest BCUT2D eigenvalue weighted by Crippen LogP contribution is -2.24. The van der Waals surface area contributed by atoms with Crippen molar-refractivity contribution in [2.24, 2.45) is 5.92 Å². The summed E-state index contributed by atoms with van der Waals surface area (Å²) in [7, 11) is 0. The van der Waals surface area contributed by atoms with Crippen LogP contribution in [-0.4, -0.2) is 24.6 Å². The molecular weight excluding hydrogens is 222 g/mol. The lowest BCUT2D eigenvalue weighted by molar-refractivity contribution is 0.552. The fourth-order valence-corrected chi connectivity index (χ4v) is 1.79. The summed E-state index contributed by atoms with van der Waals surface area (Å²) < 4.78 is 0. The number of anilines is 1. The van der Waals surface area contributed by atoms with Crippen molar-refractivity contribution in [3.05, 3.63) is 36.5 Å². The van der Waals surface area contributed by atoms with Crippen molar-refractivity contribution in [3.63, 3.8) is 0 Å². The molecule has 100 valence electrons. The summed E-state index contributed by atoms with van der Waals surface area (Å²) in [6.45, 7) is 14.1. The average molecular weight is 247 g/mol. The Hall–Kier alpha value is -1.35. The van der Waals surface area contributed by atoms with E-state index in [4.69, 9.17) is 0 Å². The van der Waals surface area contributed by atoms with E-state index in [1.54, 1.807) is 0 Å². The minimum atomic E-state index is 0.680. The zero-order valence-electron chi connectivity index (χ0n) is 11.8. The molecule has 0 saturated heterocycles. The van der Waals surface area contributed by atoms with Gasteiger partial charge in [-0.3, -0.25) is 0 Å². The van der Waals surface area contributed by atoms with Gasteiger partial charge in [-0.2, -0.15) is 0 Å². The number of pyridine rings is 1. The van der Waals surface area contributed by atoms with E-state index in [9.17, 15) is 0 Å². The molecule has 0 aliphatic heterocycles. The van der Waals surface area contributed by atoms with Crippen LogP contribution in [0.5, 0.6) is 0 Å². The van der Waals surface area contributed by atoms with E-state index in [0.29, 0.717) is 5.92 Å². The van der Waals surface area contributed by atoms with Crippen molar-refractivity contribution in [1.29, 1.82) is 0 Å². The quantitative estimate of drug-likeness (QED) is 0.716. The summed E-state index contributed by atoms with van der Waals surface area (Å²) in [6.07, 6.45) is 3.79. The molecule has 0 radical (unpaired) electrons. The third-order valence-corrected chi connectivity index (χ3v) is 2.75. The van der Waals surface area contributed by atoms with E-state index in [-0.39, 0.29) is 0 Å². The van der Waals surface area contributed by atoms with E-state index < -0.39 is 0 Å². The molecule has 0 aliphatic rings. The Labute approximate surface area is 111 Å². The summed E-state index contributed by atoms with van der Waals surface area (Å²) in [5, 5.41) is 3.45. The highest BCUT2D eigenvalue weighted by Crippen LogP contribution is 2.12. The highest BCUT2D eigenvalue weighted by molar-refractivity contribution is 5.41. The molecule has 3 nitrogen and oxygen atoms in total. The molecule has 0 aromatic carbocycles. The molecule has 1 aromatic heterocycles. The zero-order valence-corrected chi connectivity index (χ0v) is 11.8. The first-order valence-electron chi connectivity index (χ1n) is 6.68. The molecule has 0 fully saturated rings. The van der Waals surface area contributed by atoms with Crippen LogP contribution in [0.3, 0.4) is 0 Å². The molecule has 1 aromatic rings. The van der Waals surface area contributed by atoms with Crippen LogP contribution in [0, 0.1) is 5.92 Å². The molecule has 0 unspecified atom stereocenters. The first-order chi connectivity index (χ1) is 8.67. The van der Waals surface area contributed by atoms with E-state index in [1.165, 1.54) is 5.56 Å². The number of nitrogens with zero attached hydrogens (tertiary/aromatic N) is 2. The van der Waals surface area contributed by atoms with Gasteiger partial charge in [0, 0.05) is 25.8 Å². The molecule has 0 atom stereocenters. The molecule has 1 rings (SSSR count). The van der Waals surface area contributed by atoms with Crippen molar-refractivity contribution in [1.82, 2.24) is 10.3 Å². The molecule has 0 bridgehead atoms. The number of hydrogen-bond acceptors (Lipinski definition) is 3. The van der Waals surface area contributed by atoms with Gasteiger partial charge in [0.15, 0.2) is 0 Å². The van der Waals surface area contributed by atoms with Crippen LogP contribution in [0.25, 0.3) is 0 Å². The van der Waals surface area contributed by atoms with Crippen LogP contribution >= 0.6 is 0 Å². The normalized spacial score (nSPS) is 10.7. The summed E-state index contributed by atoms with van der Waals surface area (Å²) in [5.74, 6) is 1.71. The van der Waals surface area contributed by atoms with Crippen LogP contribution in [0.15, 0.2) is 31.0 Å². The lowest BCUT2D eigenvalue weighted by Gasteiger charge is -2.20. The van der Waals surface area contributed by atoms with Crippen molar-refractivity contribution in [2.45, 2.75) is 27.3 Å². The maximum atomic E-state index is 4.42. The predicted molar refractivity (Wildman–Crippen MR) is 78.9 cm³/mol. The maximum absolute atomic E-state index is 4.42. The van der Waals surface area contributed by atoms with Gasteiger partial charge in [-0.15, -0.1) is 6.58 Å². The average Bonchev–Trinajstić information content (AvgIpc) is 2.36. The van der Waals surface area contributed by atoms with Gasteiger partial charge in [0.25, 0.3) is 0 Å². The van der Waals surface area contributed by atoms with Crippen molar-refractivity contribution in [3.8, 4) is 0 Å². The third-order valence-electron chi connectivity index (χ3n) is 2.75. The first-order valence-corrected chi connectivity index (χ1v) is 6.68. The second-order valence-corrected chi connectivity index (χ2v) is 4.87. The fourth-order valence-electron chi connectivity index (χ4n) is 1.79. The van der Waals surface area contributed by atoms with Gasteiger partial charge in [-0.25, -0.2) is 4.98 Å². The number of hydrogen-bond donors (Lipinski definition) is 1. The number of rotatable bonds is 8. The highest BCUT2D eigenvalue weighted by Gasteiger charge is 2.04. The Kier molecular flexibility index (Phi) is 6.44. The minimum absolute atomic E-state index is 0.680. The molecule has 0 aliphatic carbocycles. The van der Waals surface area contributed by atoms with Crippen LogP contribution in [0.1, 0.15) is 26.3 Å². The minimum Gasteiger partial charge on any atom is -0.353 e. The number of likely N-dealkylation sites (N-methyl/N-ethyl adjacent to an activating group) is 1. The smallest absolute Gasteiger partial charge is 0.129 e. The second kappa shape index (κ2) is 7.88. The fraction of sp³-hybridized carbons (Fsp3) is 0.533. The van der Waals surface area contributed by atoms with E-state index >= 15 is 0 Å². The topological polar surface area (TPSA) is 28.2 Å². The molecule has 3 heteroatoms. The number of nitrogens with one attached hydrogen (secondary N) is 1. The van der Waals surface area contributed by atoms with Gasteiger partial charge in [-0.05, 0) is 37.1 Å². The Bertz CT molecular complexity index is 361. The maximum Gasteiger partial charge on any atom is 0.129 e.